The summed E-state index contributed by atoms with van der Waals surface area (Å²) in [7, 11) is 1.52. The minimum Gasteiger partial charge on any atom is -0.469 e. The van der Waals surface area contributed by atoms with Crippen molar-refractivity contribution in [2.45, 2.75) is 43.2 Å². The number of para-hydroxylation sites is 1. The Balaban J connectivity index is 1.67. The SMILES string of the molecule is C/C=C1\CN2[C@@H]3C[C@@]45c6ccccc6N[C@]4(O3)[C@@H]2C[C@@H]1[C@@H]5C(=O)OC. The van der Waals surface area contributed by atoms with Gasteiger partial charge in [-0.15, -0.1) is 0 Å². The van der Waals surface area contributed by atoms with Crippen LogP contribution in [0.15, 0.2) is 35.9 Å². The number of nitrogens with zero attached hydrogens (tertiary/aromatic N) is 1. The molecular weight excluding hydrogens is 316 g/mol. The summed E-state index contributed by atoms with van der Waals surface area (Å²) < 4.78 is 12.0. The first-order chi connectivity index (χ1) is 12.2. The average molecular weight is 338 g/mol. The molecule has 0 unspecified atom stereocenters. The van der Waals surface area contributed by atoms with E-state index in [1.807, 2.05) is 0 Å². The monoisotopic (exact) mass is 338 g/mol. The molecule has 1 saturated carbocycles. The van der Waals surface area contributed by atoms with Crippen LogP contribution in [-0.2, 0) is 19.7 Å². The van der Waals surface area contributed by atoms with E-state index in [1.54, 1.807) is 0 Å². The number of carbonyl (C=O) groups excluding carboxylic acids is 1. The smallest absolute Gasteiger partial charge is 0.310 e. The van der Waals surface area contributed by atoms with Gasteiger partial charge in [0.15, 0.2) is 5.72 Å². The van der Waals surface area contributed by atoms with Crippen molar-refractivity contribution >= 4 is 11.7 Å². The third-order valence-electron chi connectivity index (χ3n) is 7.53. The molecule has 0 radical (unpaired) electrons. The van der Waals surface area contributed by atoms with Crippen LogP contribution in [-0.4, -0.2) is 42.5 Å². The Hall–Kier alpha value is -1.85. The molecule has 5 heteroatoms. The summed E-state index contributed by atoms with van der Waals surface area (Å²) in [6.07, 6.45) is 4.10. The number of ether oxygens (including phenoxy) is 2. The van der Waals surface area contributed by atoms with Crippen molar-refractivity contribution in [1.82, 2.24) is 4.90 Å². The highest BCUT2D eigenvalue weighted by Gasteiger charge is 2.82. The summed E-state index contributed by atoms with van der Waals surface area (Å²) in [6, 6.07) is 8.74. The minimum absolute atomic E-state index is 0.0780. The van der Waals surface area contributed by atoms with Gasteiger partial charge in [-0.1, -0.05) is 29.8 Å². The Morgan fingerprint density at radius 1 is 1.44 bits per heavy atom. The zero-order valence-corrected chi connectivity index (χ0v) is 14.5. The average Bonchev–Trinajstić information content (AvgIpc) is 3.22. The number of nitrogens with one attached hydrogen (secondary N) is 1. The number of anilines is 1. The second-order valence-corrected chi connectivity index (χ2v) is 8.05. The molecule has 0 aromatic heterocycles. The fourth-order valence-corrected chi connectivity index (χ4v) is 6.75. The molecule has 4 fully saturated rings. The molecule has 1 aromatic carbocycles. The summed E-state index contributed by atoms with van der Waals surface area (Å²) in [6.45, 7) is 2.99. The van der Waals surface area contributed by atoms with Gasteiger partial charge in [-0.3, -0.25) is 9.69 Å². The molecule has 4 heterocycles. The van der Waals surface area contributed by atoms with Crippen molar-refractivity contribution in [3.63, 3.8) is 0 Å². The lowest BCUT2D eigenvalue weighted by Gasteiger charge is -2.60. The van der Waals surface area contributed by atoms with Gasteiger partial charge in [0.2, 0.25) is 0 Å². The zero-order chi connectivity index (χ0) is 17.0. The molecule has 3 saturated heterocycles. The summed E-state index contributed by atoms with van der Waals surface area (Å²) in [5, 5.41) is 3.73. The van der Waals surface area contributed by atoms with Crippen LogP contribution in [0.3, 0.4) is 0 Å². The van der Waals surface area contributed by atoms with Gasteiger partial charge in [-0.25, -0.2) is 0 Å². The first-order valence-electron chi connectivity index (χ1n) is 9.20. The maximum Gasteiger partial charge on any atom is 0.310 e. The minimum atomic E-state index is -0.490. The predicted molar refractivity (Wildman–Crippen MR) is 91.8 cm³/mol. The van der Waals surface area contributed by atoms with Crippen LogP contribution < -0.4 is 5.32 Å². The van der Waals surface area contributed by atoms with Crippen molar-refractivity contribution in [2.75, 3.05) is 19.0 Å². The van der Waals surface area contributed by atoms with Gasteiger partial charge < -0.3 is 14.8 Å². The lowest BCUT2D eigenvalue weighted by atomic mass is 9.49. The molecule has 5 nitrogen and oxygen atoms in total. The number of piperidine rings is 2. The first kappa shape index (κ1) is 14.3. The number of carbonyl (C=O) groups is 1. The molecule has 1 N–H and O–H groups in total. The van der Waals surface area contributed by atoms with Gasteiger partial charge in [0.05, 0.1) is 24.5 Å². The predicted octanol–water partition coefficient (Wildman–Crippen LogP) is 2.25. The van der Waals surface area contributed by atoms with Crippen LogP contribution in [0.5, 0.6) is 0 Å². The molecule has 0 amide bonds. The molecule has 1 spiro atoms. The third kappa shape index (κ3) is 1.30. The normalized spacial score (nSPS) is 46.9. The maximum absolute atomic E-state index is 13.1. The Kier molecular flexibility index (Phi) is 2.45. The number of rotatable bonds is 1. The van der Waals surface area contributed by atoms with Gasteiger partial charge in [0.1, 0.15) is 6.23 Å². The second-order valence-electron chi connectivity index (χ2n) is 8.05. The van der Waals surface area contributed by atoms with Crippen LogP contribution in [0.1, 0.15) is 25.3 Å². The highest BCUT2D eigenvalue weighted by atomic mass is 16.6. The van der Waals surface area contributed by atoms with E-state index >= 15 is 0 Å². The lowest BCUT2D eigenvalue weighted by molar-refractivity contribution is -0.161. The van der Waals surface area contributed by atoms with Gasteiger partial charge in [-0.05, 0) is 30.9 Å². The van der Waals surface area contributed by atoms with Crippen LogP contribution in [0, 0.1) is 11.8 Å². The van der Waals surface area contributed by atoms with E-state index in [2.05, 4.69) is 47.5 Å². The Morgan fingerprint density at radius 2 is 2.28 bits per heavy atom. The molecule has 6 rings (SSSR count). The molecule has 25 heavy (non-hydrogen) atoms. The third-order valence-corrected chi connectivity index (χ3v) is 7.53. The summed E-state index contributed by atoms with van der Waals surface area (Å²) in [5.41, 5.74) is 2.89. The molecular formula is C20H22N2O3. The van der Waals surface area contributed by atoms with Gasteiger partial charge in [-0.2, -0.15) is 0 Å². The molecule has 1 aromatic rings. The molecule has 5 aliphatic rings. The van der Waals surface area contributed by atoms with Crippen LogP contribution in [0.4, 0.5) is 5.69 Å². The number of hydrogen-bond acceptors (Lipinski definition) is 5. The Morgan fingerprint density at radius 3 is 3.08 bits per heavy atom. The largest absolute Gasteiger partial charge is 0.469 e. The maximum atomic E-state index is 13.1. The zero-order valence-electron chi connectivity index (χ0n) is 14.5. The number of hydrogen-bond donors (Lipinski definition) is 1. The van der Waals surface area contributed by atoms with Gasteiger partial charge in [0.25, 0.3) is 0 Å². The standard InChI is InChI=1S/C20H22N2O3/c1-3-11-10-22-15-8-12(11)17(18(23)24-2)19-9-16(22)25-20(15,19)21-14-7-5-4-6-13(14)19/h3-7,12,15-17,21H,8-10H2,1-2H3/b11-3+/t12-,15-,16-,17+,19-,20-/m0/s1. The van der Waals surface area contributed by atoms with Gasteiger partial charge in [0, 0.05) is 18.7 Å². The van der Waals surface area contributed by atoms with E-state index in [4.69, 9.17) is 9.47 Å². The quantitative estimate of drug-likeness (QED) is 0.629. The van der Waals surface area contributed by atoms with E-state index < -0.39 is 5.72 Å². The highest BCUT2D eigenvalue weighted by Crippen LogP contribution is 2.72. The van der Waals surface area contributed by atoms with Crippen LogP contribution >= 0.6 is 0 Å². The Labute approximate surface area is 147 Å². The fourth-order valence-electron chi connectivity index (χ4n) is 6.75. The molecule has 6 atom stereocenters. The Bertz CT molecular complexity index is 836. The molecule has 1 aliphatic carbocycles. The van der Waals surface area contributed by atoms with Crippen LogP contribution in [0.25, 0.3) is 0 Å². The number of allylic oxidation sites excluding steroid dienone is 1. The number of esters is 1. The molecule has 4 aliphatic heterocycles. The van der Waals surface area contributed by atoms with E-state index in [1.165, 1.54) is 18.2 Å². The highest BCUT2D eigenvalue weighted by molar-refractivity contribution is 5.81. The fraction of sp³-hybridized carbons (Fsp3) is 0.550. The van der Waals surface area contributed by atoms with E-state index in [-0.39, 0.29) is 29.4 Å². The second kappa shape index (κ2) is 4.27. The van der Waals surface area contributed by atoms with Crippen molar-refractivity contribution in [1.29, 1.82) is 0 Å². The summed E-state index contributed by atoms with van der Waals surface area (Å²) >= 11 is 0. The van der Waals surface area contributed by atoms with E-state index in [0.717, 1.165) is 25.1 Å². The van der Waals surface area contributed by atoms with Gasteiger partial charge >= 0.3 is 5.97 Å². The number of benzene rings is 1. The van der Waals surface area contributed by atoms with Crippen molar-refractivity contribution < 1.29 is 14.3 Å². The first-order valence-corrected chi connectivity index (χ1v) is 9.20. The lowest BCUT2D eigenvalue weighted by Crippen LogP contribution is -2.73. The van der Waals surface area contributed by atoms with Crippen molar-refractivity contribution in [3.05, 3.63) is 41.5 Å². The topological polar surface area (TPSA) is 50.8 Å². The van der Waals surface area contributed by atoms with Crippen LogP contribution in [0.2, 0.25) is 0 Å². The number of methoxy groups -OCH3 is 1. The molecule has 130 valence electrons. The number of fused-ring (bicyclic) bond motifs is 4. The van der Waals surface area contributed by atoms with Crippen molar-refractivity contribution in [3.8, 4) is 0 Å². The summed E-state index contributed by atoms with van der Waals surface area (Å²) in [5.74, 6) is -0.0451. The molecule has 4 bridgehead atoms. The van der Waals surface area contributed by atoms with E-state index in [9.17, 15) is 4.79 Å². The summed E-state index contributed by atoms with van der Waals surface area (Å²) in [4.78, 5) is 15.6. The van der Waals surface area contributed by atoms with E-state index in [0.29, 0.717) is 6.04 Å². The van der Waals surface area contributed by atoms with Crippen molar-refractivity contribution in [2.24, 2.45) is 11.8 Å².